The Labute approximate surface area is 233 Å². The highest BCUT2D eigenvalue weighted by Crippen LogP contribution is 2.51. The van der Waals surface area contributed by atoms with Gasteiger partial charge in [0.25, 0.3) is 0 Å². The molecule has 208 valence electrons. The number of hydrogen-bond acceptors (Lipinski definition) is 7. The molecule has 9 heteroatoms. The maximum atomic E-state index is 14.1. The number of pyridine rings is 1. The Kier molecular flexibility index (Phi) is 8.14. The molecule has 0 radical (unpaired) electrons. The van der Waals surface area contributed by atoms with Crippen molar-refractivity contribution in [2.45, 2.75) is 60.1 Å². The number of carboxylic acid groups (broad SMARTS) is 1. The highest BCUT2D eigenvalue weighted by molar-refractivity contribution is 7.99. The highest BCUT2D eigenvalue weighted by atomic mass is 32.2. The molecule has 3 aromatic rings. The Bertz CT molecular complexity index is 1430. The van der Waals surface area contributed by atoms with Crippen molar-refractivity contribution in [2.24, 2.45) is 0 Å². The molecule has 0 saturated carbocycles. The van der Waals surface area contributed by atoms with Crippen LogP contribution >= 0.6 is 11.9 Å². The first kappa shape index (κ1) is 28.7. The fourth-order valence-electron chi connectivity index (χ4n) is 5.13. The summed E-state index contributed by atoms with van der Waals surface area (Å²) in [4.78, 5) is 16.4. The maximum Gasteiger partial charge on any atom is 0.307 e. The number of rotatable bonds is 4. The number of ether oxygens (including phenoxy) is 2. The summed E-state index contributed by atoms with van der Waals surface area (Å²) in [5, 5.41) is 18.3. The number of anilines is 1. The lowest BCUT2D eigenvalue weighted by Crippen LogP contribution is -2.23. The lowest BCUT2D eigenvalue weighted by atomic mass is 9.81. The van der Waals surface area contributed by atoms with Crippen LogP contribution in [0.15, 0.2) is 24.4 Å². The van der Waals surface area contributed by atoms with Gasteiger partial charge in [0.1, 0.15) is 19.0 Å². The van der Waals surface area contributed by atoms with E-state index in [-0.39, 0.29) is 12.2 Å². The van der Waals surface area contributed by atoms with Crippen molar-refractivity contribution >= 4 is 23.6 Å². The van der Waals surface area contributed by atoms with E-state index in [0.717, 1.165) is 55.9 Å². The molecule has 0 fully saturated rings. The average molecular weight is 555 g/mol. The van der Waals surface area contributed by atoms with Gasteiger partial charge in [-0.25, -0.2) is 4.39 Å². The second kappa shape index (κ2) is 11.1. The molecule has 2 N–H and O–H groups in total. The summed E-state index contributed by atoms with van der Waals surface area (Å²) < 4.78 is 27.8. The average Bonchev–Trinajstić information content (AvgIpc) is 2.86. The fourth-order valence-corrected chi connectivity index (χ4v) is 5.81. The van der Waals surface area contributed by atoms with Gasteiger partial charge in [-0.05, 0) is 81.5 Å². The molecule has 0 amide bonds. The molecular weight excluding hydrogens is 519 g/mol. The zero-order valence-corrected chi connectivity index (χ0v) is 24.3. The van der Waals surface area contributed by atoms with Gasteiger partial charge in [0.2, 0.25) is 0 Å². The summed E-state index contributed by atoms with van der Waals surface area (Å²) >= 11 is 1.53. The standard InChI is InChI=1S/C26H25FN2O4S.C4H10O/c1-13-19(10-21(30)31)22(18-5-6-20-26(14(18)2)33-8-7-32-20)15(3)23-24-16(9-17(27)11-28-24)12-29(34-4)25(13)23;1-4(2,3)5/h5-6,9,11H,7-8,10,12H2,1-4H3,(H,30,31);5H,1-3H3. The van der Waals surface area contributed by atoms with E-state index in [0.29, 0.717) is 31.3 Å². The number of hydrogen-bond donors (Lipinski definition) is 2. The summed E-state index contributed by atoms with van der Waals surface area (Å²) in [6.07, 6.45) is 3.09. The number of carbonyl (C=O) groups is 1. The quantitative estimate of drug-likeness (QED) is 0.366. The second-order valence-electron chi connectivity index (χ2n) is 10.7. The molecule has 2 aliphatic rings. The Hall–Kier alpha value is -3.30. The minimum Gasteiger partial charge on any atom is -0.486 e. The van der Waals surface area contributed by atoms with Crippen molar-refractivity contribution < 1.29 is 28.9 Å². The van der Waals surface area contributed by atoms with Gasteiger partial charge in [-0.2, -0.15) is 0 Å². The van der Waals surface area contributed by atoms with Crippen LogP contribution in [0.3, 0.4) is 0 Å². The Morgan fingerprint density at radius 2 is 1.77 bits per heavy atom. The summed E-state index contributed by atoms with van der Waals surface area (Å²) in [6.45, 7) is 12.6. The number of halogens is 1. The van der Waals surface area contributed by atoms with Gasteiger partial charge in [-0.1, -0.05) is 18.0 Å². The number of aliphatic carboxylic acids is 1. The van der Waals surface area contributed by atoms with Crippen molar-refractivity contribution in [1.82, 2.24) is 4.98 Å². The molecule has 2 aliphatic heterocycles. The first-order chi connectivity index (χ1) is 18.3. The predicted octanol–water partition coefficient (Wildman–Crippen LogP) is 6.25. The van der Waals surface area contributed by atoms with E-state index in [2.05, 4.69) is 9.29 Å². The van der Waals surface area contributed by atoms with Gasteiger partial charge in [0.05, 0.1) is 36.1 Å². The maximum absolute atomic E-state index is 14.1. The zero-order chi connectivity index (χ0) is 28.6. The van der Waals surface area contributed by atoms with Crippen molar-refractivity contribution in [1.29, 1.82) is 0 Å². The normalized spacial score (nSPS) is 13.7. The number of aromatic nitrogens is 1. The minimum absolute atomic E-state index is 0.116. The van der Waals surface area contributed by atoms with E-state index in [1.807, 2.05) is 39.2 Å². The van der Waals surface area contributed by atoms with E-state index in [4.69, 9.17) is 14.6 Å². The van der Waals surface area contributed by atoms with Crippen LogP contribution in [0.4, 0.5) is 10.1 Å². The number of carboxylic acids is 1. The van der Waals surface area contributed by atoms with Crippen LogP contribution in [0.25, 0.3) is 22.4 Å². The van der Waals surface area contributed by atoms with Crippen LogP contribution in [0, 0.1) is 26.6 Å². The van der Waals surface area contributed by atoms with Crippen molar-refractivity contribution in [3.05, 3.63) is 58.0 Å². The first-order valence-electron chi connectivity index (χ1n) is 12.8. The number of fused-ring (bicyclic) bond motifs is 4. The van der Waals surface area contributed by atoms with Gasteiger partial charge >= 0.3 is 5.97 Å². The molecule has 0 spiro atoms. The van der Waals surface area contributed by atoms with E-state index >= 15 is 0 Å². The van der Waals surface area contributed by atoms with Crippen LogP contribution in [-0.2, 0) is 17.8 Å². The van der Waals surface area contributed by atoms with Gasteiger partial charge in [-0.3, -0.25) is 9.78 Å². The molecule has 0 bridgehead atoms. The van der Waals surface area contributed by atoms with Gasteiger partial charge in [-0.15, -0.1) is 0 Å². The lowest BCUT2D eigenvalue weighted by molar-refractivity contribution is -0.136. The van der Waals surface area contributed by atoms with E-state index in [9.17, 15) is 14.3 Å². The minimum atomic E-state index is -0.897. The van der Waals surface area contributed by atoms with Crippen LogP contribution in [0.1, 0.15) is 48.6 Å². The third kappa shape index (κ3) is 5.84. The van der Waals surface area contributed by atoms with Crippen LogP contribution in [-0.4, -0.2) is 46.2 Å². The van der Waals surface area contributed by atoms with Gasteiger partial charge in [0.15, 0.2) is 11.5 Å². The predicted molar refractivity (Wildman–Crippen MR) is 153 cm³/mol. The van der Waals surface area contributed by atoms with Gasteiger partial charge in [0, 0.05) is 22.9 Å². The van der Waals surface area contributed by atoms with Crippen LogP contribution < -0.4 is 13.8 Å². The third-order valence-electron chi connectivity index (χ3n) is 6.60. The molecule has 5 rings (SSSR count). The lowest BCUT2D eigenvalue weighted by Gasteiger charge is -2.35. The van der Waals surface area contributed by atoms with Crippen molar-refractivity contribution in [3.63, 3.8) is 0 Å². The van der Waals surface area contributed by atoms with Crippen molar-refractivity contribution in [3.8, 4) is 33.9 Å². The van der Waals surface area contributed by atoms with E-state index in [1.165, 1.54) is 24.2 Å². The second-order valence-corrected chi connectivity index (χ2v) is 11.5. The zero-order valence-electron chi connectivity index (χ0n) is 23.4. The van der Waals surface area contributed by atoms with Crippen LogP contribution in [0.5, 0.6) is 11.5 Å². The highest BCUT2D eigenvalue weighted by Gasteiger charge is 2.32. The topological polar surface area (TPSA) is 92.1 Å². The van der Waals surface area contributed by atoms with E-state index < -0.39 is 11.6 Å². The van der Waals surface area contributed by atoms with Crippen molar-refractivity contribution in [2.75, 3.05) is 23.8 Å². The summed E-state index contributed by atoms with van der Waals surface area (Å²) in [5.74, 6) is 0.107. The number of benzene rings is 2. The number of aliphatic hydroxyl groups is 1. The number of nitrogens with zero attached hydrogens (tertiary/aromatic N) is 2. The van der Waals surface area contributed by atoms with Crippen LogP contribution in [0.2, 0.25) is 0 Å². The molecular formula is C30H35FN2O5S. The molecule has 1 aromatic heterocycles. The molecule has 7 nitrogen and oxygen atoms in total. The largest absolute Gasteiger partial charge is 0.486 e. The summed E-state index contributed by atoms with van der Waals surface area (Å²) in [7, 11) is 0. The summed E-state index contributed by atoms with van der Waals surface area (Å²) in [5.41, 5.74) is 8.10. The Balaban J connectivity index is 0.000000648. The Morgan fingerprint density at radius 1 is 1.10 bits per heavy atom. The van der Waals surface area contributed by atoms with Gasteiger partial charge < -0.3 is 24.0 Å². The summed E-state index contributed by atoms with van der Waals surface area (Å²) in [6, 6.07) is 5.38. The molecule has 3 heterocycles. The molecule has 0 aliphatic carbocycles. The SMILES string of the molecule is CC(C)(C)O.CSN1Cc2cc(F)cnc2-c2c(C)c(-c3ccc4c(c3C)OCCO4)c(CC(=O)O)c(C)c21. The monoisotopic (exact) mass is 554 g/mol. The molecule has 39 heavy (non-hydrogen) atoms. The fraction of sp³-hybridized carbons (Fsp3) is 0.400. The molecule has 0 atom stereocenters. The molecule has 0 unspecified atom stereocenters. The Morgan fingerprint density at radius 3 is 2.41 bits per heavy atom. The first-order valence-corrected chi connectivity index (χ1v) is 14.0. The molecule has 2 aromatic carbocycles. The third-order valence-corrected chi connectivity index (χ3v) is 7.36. The molecule has 0 saturated heterocycles. The smallest absolute Gasteiger partial charge is 0.307 e. The van der Waals surface area contributed by atoms with E-state index in [1.54, 1.807) is 20.8 Å².